The van der Waals surface area contributed by atoms with E-state index in [1.165, 1.54) is 0 Å². The van der Waals surface area contributed by atoms with E-state index in [1.807, 2.05) is 13.8 Å². The highest BCUT2D eigenvalue weighted by atomic mass is 35.5. The number of aliphatic hydroxyl groups is 1. The van der Waals surface area contributed by atoms with Crippen molar-refractivity contribution in [2.75, 3.05) is 13.4 Å². The van der Waals surface area contributed by atoms with Gasteiger partial charge in [-0.2, -0.15) is 0 Å². The molecule has 2 rings (SSSR count). The van der Waals surface area contributed by atoms with Crippen LogP contribution in [0.1, 0.15) is 36.9 Å². The molecule has 1 unspecified atom stereocenters. The van der Waals surface area contributed by atoms with Crippen LogP contribution in [0.5, 0.6) is 11.5 Å². The third-order valence-corrected chi connectivity index (χ3v) is 3.15. The standard InChI is InChI=1S/C12H16ClNO3/c1-6(2)10-11(8(14)4-15)7(13)3-9-12(10)17-5-16-9/h3,6,8,15H,4-5,14H2,1-2H3. The van der Waals surface area contributed by atoms with E-state index in [1.54, 1.807) is 6.07 Å². The molecule has 1 heterocycles. The summed E-state index contributed by atoms with van der Waals surface area (Å²) in [6, 6.07) is 1.19. The van der Waals surface area contributed by atoms with Gasteiger partial charge in [-0.1, -0.05) is 25.4 Å². The van der Waals surface area contributed by atoms with Crippen molar-refractivity contribution in [2.24, 2.45) is 5.73 Å². The highest BCUT2D eigenvalue weighted by Crippen LogP contribution is 2.46. The van der Waals surface area contributed by atoms with Crippen molar-refractivity contribution in [2.45, 2.75) is 25.8 Å². The van der Waals surface area contributed by atoms with Crippen LogP contribution < -0.4 is 15.2 Å². The zero-order valence-corrected chi connectivity index (χ0v) is 10.6. The summed E-state index contributed by atoms with van der Waals surface area (Å²) in [6.07, 6.45) is 0. The molecule has 4 nitrogen and oxygen atoms in total. The number of hydrogen-bond acceptors (Lipinski definition) is 4. The number of halogens is 1. The van der Waals surface area contributed by atoms with E-state index >= 15 is 0 Å². The monoisotopic (exact) mass is 257 g/mol. The highest BCUT2D eigenvalue weighted by molar-refractivity contribution is 6.31. The van der Waals surface area contributed by atoms with E-state index in [2.05, 4.69) is 0 Å². The minimum atomic E-state index is -0.505. The van der Waals surface area contributed by atoms with E-state index < -0.39 is 6.04 Å². The molecule has 0 aromatic heterocycles. The van der Waals surface area contributed by atoms with Gasteiger partial charge in [-0.3, -0.25) is 0 Å². The normalized spacial score (nSPS) is 15.4. The van der Waals surface area contributed by atoms with E-state index in [0.29, 0.717) is 16.5 Å². The second kappa shape index (κ2) is 4.72. The number of rotatable bonds is 3. The Kier molecular flexibility index (Phi) is 3.47. The molecule has 1 aromatic carbocycles. The van der Waals surface area contributed by atoms with Crippen LogP contribution in [0.25, 0.3) is 0 Å². The van der Waals surface area contributed by atoms with Crippen LogP contribution in [0.2, 0.25) is 5.02 Å². The second-order valence-corrected chi connectivity index (χ2v) is 4.77. The molecule has 0 fully saturated rings. The van der Waals surface area contributed by atoms with Crippen molar-refractivity contribution < 1.29 is 14.6 Å². The van der Waals surface area contributed by atoms with Gasteiger partial charge >= 0.3 is 0 Å². The Hall–Kier alpha value is -0.970. The summed E-state index contributed by atoms with van der Waals surface area (Å²) >= 11 is 6.20. The average molecular weight is 258 g/mol. The number of ether oxygens (including phenoxy) is 2. The lowest BCUT2D eigenvalue weighted by Crippen LogP contribution is -2.18. The van der Waals surface area contributed by atoms with E-state index in [0.717, 1.165) is 11.1 Å². The number of hydrogen-bond donors (Lipinski definition) is 2. The smallest absolute Gasteiger partial charge is 0.231 e. The first kappa shape index (κ1) is 12.5. The summed E-state index contributed by atoms with van der Waals surface area (Å²) in [4.78, 5) is 0. The Labute approximate surface area is 105 Å². The van der Waals surface area contributed by atoms with Crippen LogP contribution in [0.15, 0.2) is 6.07 Å². The second-order valence-electron chi connectivity index (χ2n) is 4.36. The van der Waals surface area contributed by atoms with Gasteiger partial charge in [0.1, 0.15) is 0 Å². The first-order chi connectivity index (χ1) is 8.06. The van der Waals surface area contributed by atoms with Gasteiger partial charge in [-0.15, -0.1) is 0 Å². The molecule has 0 saturated carbocycles. The van der Waals surface area contributed by atoms with Gasteiger partial charge < -0.3 is 20.3 Å². The molecule has 5 heteroatoms. The molecule has 1 atom stereocenters. The molecule has 3 N–H and O–H groups in total. The van der Waals surface area contributed by atoms with Crippen LogP contribution in [-0.4, -0.2) is 18.5 Å². The van der Waals surface area contributed by atoms with Gasteiger partial charge in [0.15, 0.2) is 11.5 Å². The summed E-state index contributed by atoms with van der Waals surface area (Å²) in [6.45, 7) is 4.10. The van der Waals surface area contributed by atoms with Crippen molar-refractivity contribution in [1.82, 2.24) is 0 Å². The van der Waals surface area contributed by atoms with Crippen LogP contribution >= 0.6 is 11.6 Å². The minimum absolute atomic E-state index is 0.154. The molecule has 17 heavy (non-hydrogen) atoms. The predicted molar refractivity (Wildman–Crippen MR) is 65.7 cm³/mol. The quantitative estimate of drug-likeness (QED) is 0.871. The van der Waals surface area contributed by atoms with Crippen LogP contribution in [0, 0.1) is 0 Å². The summed E-state index contributed by atoms with van der Waals surface area (Å²) < 4.78 is 10.8. The van der Waals surface area contributed by atoms with Crippen LogP contribution in [0.4, 0.5) is 0 Å². The molecule has 0 spiro atoms. The molecule has 0 bridgehead atoms. The molecule has 1 aliphatic heterocycles. The van der Waals surface area contributed by atoms with Gasteiger partial charge in [0, 0.05) is 16.7 Å². The SMILES string of the molecule is CC(C)c1c2c(cc(Cl)c1C(N)CO)OCO2. The molecule has 0 aliphatic carbocycles. The summed E-state index contributed by atoms with van der Waals surface area (Å²) in [5, 5.41) is 9.73. The summed E-state index contributed by atoms with van der Waals surface area (Å²) in [7, 11) is 0. The molecule has 0 amide bonds. The lowest BCUT2D eigenvalue weighted by Gasteiger charge is -2.20. The van der Waals surface area contributed by atoms with Crippen molar-refractivity contribution in [1.29, 1.82) is 0 Å². The average Bonchev–Trinajstić information content (AvgIpc) is 2.73. The van der Waals surface area contributed by atoms with E-state index in [4.69, 9.17) is 26.8 Å². The van der Waals surface area contributed by atoms with Gasteiger partial charge in [-0.05, 0) is 11.5 Å². The fourth-order valence-electron chi connectivity index (χ4n) is 2.09. The van der Waals surface area contributed by atoms with E-state index in [9.17, 15) is 5.11 Å². The van der Waals surface area contributed by atoms with Crippen LogP contribution in [0.3, 0.4) is 0 Å². The Bertz CT molecular complexity index is 434. The first-order valence-electron chi connectivity index (χ1n) is 5.54. The molecular weight excluding hydrogens is 242 g/mol. The van der Waals surface area contributed by atoms with Gasteiger partial charge in [0.25, 0.3) is 0 Å². The maximum Gasteiger partial charge on any atom is 0.231 e. The molecular formula is C12H16ClNO3. The fourth-order valence-corrected chi connectivity index (χ4v) is 2.43. The van der Waals surface area contributed by atoms with Crippen molar-refractivity contribution in [3.63, 3.8) is 0 Å². The molecule has 94 valence electrons. The Morgan fingerprint density at radius 2 is 2.12 bits per heavy atom. The number of fused-ring (bicyclic) bond motifs is 1. The number of nitrogens with two attached hydrogens (primary N) is 1. The topological polar surface area (TPSA) is 64.7 Å². The Morgan fingerprint density at radius 3 is 2.71 bits per heavy atom. The van der Waals surface area contributed by atoms with Crippen LogP contribution in [-0.2, 0) is 0 Å². The Morgan fingerprint density at radius 1 is 1.41 bits per heavy atom. The zero-order chi connectivity index (χ0) is 12.6. The lowest BCUT2D eigenvalue weighted by atomic mass is 9.92. The largest absolute Gasteiger partial charge is 0.454 e. The van der Waals surface area contributed by atoms with Gasteiger partial charge in [0.2, 0.25) is 6.79 Å². The molecule has 0 saturated heterocycles. The number of benzene rings is 1. The third kappa shape index (κ3) is 2.08. The number of aliphatic hydroxyl groups excluding tert-OH is 1. The third-order valence-electron chi connectivity index (χ3n) is 2.84. The van der Waals surface area contributed by atoms with Gasteiger partial charge in [-0.25, -0.2) is 0 Å². The molecule has 1 aromatic rings. The zero-order valence-electron chi connectivity index (χ0n) is 9.87. The summed E-state index contributed by atoms with van der Waals surface area (Å²) in [5.74, 6) is 1.53. The highest BCUT2D eigenvalue weighted by Gasteiger charge is 2.27. The first-order valence-corrected chi connectivity index (χ1v) is 5.92. The molecule has 0 radical (unpaired) electrons. The maximum absolute atomic E-state index is 9.21. The van der Waals surface area contributed by atoms with Crippen molar-refractivity contribution in [3.05, 3.63) is 22.2 Å². The summed E-state index contributed by atoms with van der Waals surface area (Å²) in [5.41, 5.74) is 7.56. The maximum atomic E-state index is 9.21. The lowest BCUT2D eigenvalue weighted by molar-refractivity contribution is 0.173. The Balaban J connectivity index is 2.64. The van der Waals surface area contributed by atoms with Crippen molar-refractivity contribution >= 4 is 11.6 Å². The van der Waals surface area contributed by atoms with Crippen molar-refractivity contribution in [3.8, 4) is 11.5 Å². The predicted octanol–water partition coefficient (Wildman–Crippen LogP) is 2.18. The molecule has 1 aliphatic rings. The van der Waals surface area contributed by atoms with E-state index in [-0.39, 0.29) is 19.3 Å². The van der Waals surface area contributed by atoms with Gasteiger partial charge in [0.05, 0.1) is 12.6 Å². The minimum Gasteiger partial charge on any atom is -0.454 e. The fraction of sp³-hybridized carbons (Fsp3) is 0.500.